The van der Waals surface area contributed by atoms with Gasteiger partial charge in [-0.25, -0.2) is 0 Å². The molecule has 0 fully saturated rings. The Kier molecular flexibility index (Phi) is 6.31. The number of nitrogens with zero attached hydrogens (tertiary/aromatic N) is 1. The molecule has 0 radical (unpaired) electrons. The fourth-order valence-corrected chi connectivity index (χ4v) is 3.76. The number of hydrogen-bond acceptors (Lipinski definition) is 1. The summed E-state index contributed by atoms with van der Waals surface area (Å²) < 4.78 is 39.8. The van der Waals surface area contributed by atoms with E-state index in [-0.39, 0.29) is 52.5 Å². The summed E-state index contributed by atoms with van der Waals surface area (Å²) >= 11 is 36.4. The van der Waals surface area contributed by atoms with Gasteiger partial charge in [-0.15, -0.1) is 0 Å². The minimum Gasteiger partial charge on any atom is -0.255 e. The maximum atomic E-state index is 13.3. The molecule has 0 saturated heterocycles. The van der Waals surface area contributed by atoms with Crippen LogP contribution in [0.2, 0.25) is 30.1 Å². The van der Waals surface area contributed by atoms with Crippen LogP contribution in [0.3, 0.4) is 0 Å². The first-order valence-corrected chi connectivity index (χ1v) is 9.63. The first-order chi connectivity index (χ1) is 13.0. The summed E-state index contributed by atoms with van der Waals surface area (Å²) in [6.45, 7) is 0. The number of hydrogen-bond donors (Lipinski definition) is 0. The first kappa shape index (κ1) is 21.8. The van der Waals surface area contributed by atoms with Gasteiger partial charge in [0.25, 0.3) is 0 Å². The van der Waals surface area contributed by atoms with Crippen molar-refractivity contribution in [2.24, 2.45) is 0 Å². The molecule has 146 valence electrons. The van der Waals surface area contributed by atoms with Gasteiger partial charge in [-0.05, 0) is 30.3 Å². The van der Waals surface area contributed by atoms with Gasteiger partial charge in [0.1, 0.15) is 0 Å². The lowest BCUT2D eigenvalue weighted by Crippen LogP contribution is -2.07. The normalized spacial score (nSPS) is 11.8. The Labute approximate surface area is 187 Å². The first-order valence-electron chi connectivity index (χ1n) is 7.36. The van der Waals surface area contributed by atoms with E-state index in [2.05, 4.69) is 4.98 Å². The second-order valence-electron chi connectivity index (χ2n) is 5.61. The van der Waals surface area contributed by atoms with E-state index in [1.807, 2.05) is 0 Å². The smallest absolute Gasteiger partial charge is 0.255 e. The Morgan fingerprint density at radius 3 is 1.57 bits per heavy atom. The summed E-state index contributed by atoms with van der Waals surface area (Å²) in [5.41, 5.74) is -0.311. The largest absolute Gasteiger partial charge is 0.417 e. The number of rotatable bonds is 2. The van der Waals surface area contributed by atoms with Gasteiger partial charge in [0.2, 0.25) is 0 Å². The fraction of sp³-hybridized carbons (Fsp3) is 0.0556. The molecule has 1 aromatic heterocycles. The van der Waals surface area contributed by atoms with Crippen molar-refractivity contribution < 1.29 is 13.2 Å². The van der Waals surface area contributed by atoms with Crippen LogP contribution in [0.1, 0.15) is 5.56 Å². The highest BCUT2D eigenvalue weighted by atomic mass is 35.5. The molecular formula is C18H6Cl6F3N. The molecule has 2 aromatic carbocycles. The number of aromatic nitrogens is 1. The van der Waals surface area contributed by atoms with E-state index < -0.39 is 11.7 Å². The summed E-state index contributed by atoms with van der Waals surface area (Å²) in [7, 11) is 0. The third-order valence-corrected chi connectivity index (χ3v) is 5.85. The number of alkyl halides is 3. The van der Waals surface area contributed by atoms with E-state index in [0.717, 1.165) is 6.07 Å². The zero-order valence-corrected chi connectivity index (χ0v) is 17.8. The van der Waals surface area contributed by atoms with Crippen LogP contribution in [0.4, 0.5) is 13.2 Å². The van der Waals surface area contributed by atoms with Gasteiger partial charge in [0.15, 0.2) is 0 Å². The molecule has 0 unspecified atom stereocenters. The molecule has 0 atom stereocenters. The molecule has 28 heavy (non-hydrogen) atoms. The summed E-state index contributed by atoms with van der Waals surface area (Å²) in [4.78, 5) is 3.98. The van der Waals surface area contributed by atoms with Crippen LogP contribution in [0.15, 0.2) is 36.5 Å². The Morgan fingerprint density at radius 1 is 0.571 bits per heavy atom. The molecule has 3 rings (SSSR count). The highest BCUT2D eigenvalue weighted by Crippen LogP contribution is 2.44. The average Bonchev–Trinajstić information content (AvgIpc) is 2.60. The molecule has 0 bridgehead atoms. The monoisotopic (exact) mass is 503 g/mol. The van der Waals surface area contributed by atoms with Crippen molar-refractivity contribution in [1.29, 1.82) is 0 Å². The van der Waals surface area contributed by atoms with Gasteiger partial charge in [0.05, 0.1) is 41.4 Å². The van der Waals surface area contributed by atoms with Gasteiger partial charge in [-0.2, -0.15) is 13.2 Å². The van der Waals surface area contributed by atoms with E-state index in [4.69, 9.17) is 69.6 Å². The number of pyridine rings is 1. The number of halogens is 9. The third kappa shape index (κ3) is 4.33. The molecule has 0 amide bonds. The van der Waals surface area contributed by atoms with Crippen molar-refractivity contribution >= 4 is 69.6 Å². The summed E-state index contributed by atoms with van der Waals surface area (Å²) in [5, 5.41) is 0.867. The second-order valence-corrected chi connectivity index (χ2v) is 8.05. The predicted octanol–water partition coefficient (Wildman–Crippen LogP) is 9.35. The molecule has 0 aliphatic rings. The van der Waals surface area contributed by atoms with E-state index in [0.29, 0.717) is 6.20 Å². The molecule has 0 aliphatic heterocycles. The van der Waals surface area contributed by atoms with Crippen LogP contribution >= 0.6 is 69.6 Å². The quantitative estimate of drug-likeness (QED) is 0.316. The minimum atomic E-state index is -4.62. The third-order valence-electron chi connectivity index (χ3n) is 3.78. The van der Waals surface area contributed by atoms with Crippen molar-refractivity contribution in [3.63, 3.8) is 0 Å². The minimum absolute atomic E-state index is 0.0543. The molecular weight excluding hydrogens is 500 g/mol. The molecule has 0 spiro atoms. The lowest BCUT2D eigenvalue weighted by Gasteiger charge is -2.16. The highest BCUT2D eigenvalue weighted by Gasteiger charge is 2.32. The molecule has 0 N–H and O–H groups in total. The molecule has 10 heteroatoms. The average molecular weight is 506 g/mol. The van der Waals surface area contributed by atoms with Gasteiger partial charge < -0.3 is 0 Å². The Bertz CT molecular complexity index is 1080. The van der Waals surface area contributed by atoms with E-state index in [1.165, 1.54) is 24.3 Å². The van der Waals surface area contributed by atoms with Crippen LogP contribution in [0, 0.1) is 0 Å². The topological polar surface area (TPSA) is 12.9 Å². The van der Waals surface area contributed by atoms with Crippen molar-refractivity contribution in [3.8, 4) is 22.4 Å². The van der Waals surface area contributed by atoms with E-state index >= 15 is 0 Å². The van der Waals surface area contributed by atoms with Crippen molar-refractivity contribution in [3.05, 3.63) is 72.2 Å². The van der Waals surface area contributed by atoms with Crippen molar-refractivity contribution in [2.75, 3.05) is 0 Å². The standard InChI is InChI=1S/C18H6Cl6F3N/c19-11-4-15(23)13(21)2-8(11)9-1-7(18(25,26)27)6-28-17(9)10-3-14(22)16(24)5-12(10)20/h1-6H. The lowest BCUT2D eigenvalue weighted by atomic mass is 9.97. The fourth-order valence-electron chi connectivity index (χ4n) is 2.47. The van der Waals surface area contributed by atoms with Crippen LogP contribution in [-0.4, -0.2) is 4.98 Å². The maximum Gasteiger partial charge on any atom is 0.417 e. The second kappa shape index (κ2) is 8.10. The molecule has 0 saturated carbocycles. The summed E-state index contributed by atoms with van der Waals surface area (Å²) in [6, 6.07) is 6.39. The van der Waals surface area contributed by atoms with Crippen LogP contribution in [0.25, 0.3) is 22.4 Å². The van der Waals surface area contributed by atoms with Crippen LogP contribution in [0.5, 0.6) is 0 Å². The zero-order valence-electron chi connectivity index (χ0n) is 13.3. The van der Waals surface area contributed by atoms with E-state index in [9.17, 15) is 13.2 Å². The maximum absolute atomic E-state index is 13.3. The Balaban J connectivity index is 2.37. The Hall–Kier alpha value is -0.880. The Morgan fingerprint density at radius 2 is 1.04 bits per heavy atom. The number of benzene rings is 2. The van der Waals surface area contributed by atoms with Crippen LogP contribution < -0.4 is 0 Å². The molecule has 1 heterocycles. The SMILES string of the molecule is FC(F)(F)c1cnc(-c2cc(Cl)c(Cl)cc2Cl)c(-c2cc(Cl)c(Cl)cc2Cl)c1. The van der Waals surface area contributed by atoms with Crippen LogP contribution in [-0.2, 0) is 6.18 Å². The molecule has 1 nitrogen and oxygen atoms in total. The van der Waals surface area contributed by atoms with Gasteiger partial charge in [-0.1, -0.05) is 69.6 Å². The van der Waals surface area contributed by atoms with E-state index in [1.54, 1.807) is 0 Å². The highest BCUT2D eigenvalue weighted by molar-refractivity contribution is 6.45. The molecule has 3 aromatic rings. The van der Waals surface area contributed by atoms with Gasteiger partial charge >= 0.3 is 6.18 Å². The lowest BCUT2D eigenvalue weighted by molar-refractivity contribution is -0.137. The predicted molar refractivity (Wildman–Crippen MR) is 110 cm³/mol. The van der Waals surface area contributed by atoms with Gasteiger partial charge in [-0.3, -0.25) is 4.98 Å². The summed E-state index contributed by atoms with van der Waals surface area (Å²) in [5.74, 6) is 0. The molecule has 0 aliphatic carbocycles. The van der Waals surface area contributed by atoms with Gasteiger partial charge in [0, 0.05) is 22.9 Å². The van der Waals surface area contributed by atoms with Crippen molar-refractivity contribution in [1.82, 2.24) is 4.98 Å². The van der Waals surface area contributed by atoms with Crippen molar-refractivity contribution in [2.45, 2.75) is 6.18 Å². The summed E-state index contributed by atoms with van der Waals surface area (Å²) in [6.07, 6.45) is -3.92. The zero-order chi connectivity index (χ0) is 20.8.